The van der Waals surface area contributed by atoms with Crippen LogP contribution < -0.4 is 14.2 Å². The Balaban J connectivity index is 1.89. The topological polar surface area (TPSA) is 27.7 Å². The van der Waals surface area contributed by atoms with Crippen molar-refractivity contribution in [2.45, 2.75) is 25.7 Å². The molecule has 0 radical (unpaired) electrons. The van der Waals surface area contributed by atoms with Crippen LogP contribution in [0.1, 0.15) is 30.4 Å². The van der Waals surface area contributed by atoms with Gasteiger partial charge in [0.25, 0.3) is 0 Å². The van der Waals surface area contributed by atoms with Crippen molar-refractivity contribution in [3.8, 4) is 28.4 Å². The lowest BCUT2D eigenvalue weighted by Crippen LogP contribution is -1.99. The minimum absolute atomic E-state index is 0.499. The zero-order valence-corrected chi connectivity index (χ0v) is 17.1. The molecule has 3 aromatic carbocycles. The molecule has 28 heavy (non-hydrogen) atoms. The van der Waals surface area contributed by atoms with Crippen molar-refractivity contribution in [3.63, 3.8) is 0 Å². The lowest BCUT2D eigenvalue weighted by Gasteiger charge is -2.17. The summed E-state index contributed by atoms with van der Waals surface area (Å²) in [6, 6.07) is 23.0. The standard InChI is InChI=1S/C25H28O3/c1-18(20-8-6-5-7-9-20)10-11-19-16-23(25(28-4)24(17-19)27-3)21-12-14-22(26-2)15-13-21/h5-9,12-18H,10-11H2,1-4H3/t18-/m0/s1. The average Bonchev–Trinajstić information content (AvgIpc) is 2.77. The third-order valence-corrected chi connectivity index (χ3v) is 5.17. The van der Waals surface area contributed by atoms with Crippen molar-refractivity contribution < 1.29 is 14.2 Å². The summed E-state index contributed by atoms with van der Waals surface area (Å²) in [5.74, 6) is 2.85. The maximum absolute atomic E-state index is 5.67. The first-order valence-electron chi connectivity index (χ1n) is 9.60. The smallest absolute Gasteiger partial charge is 0.168 e. The van der Waals surface area contributed by atoms with Gasteiger partial charge in [0, 0.05) is 5.56 Å². The third-order valence-electron chi connectivity index (χ3n) is 5.17. The lowest BCUT2D eigenvalue weighted by atomic mass is 9.92. The summed E-state index contributed by atoms with van der Waals surface area (Å²) in [7, 11) is 5.04. The van der Waals surface area contributed by atoms with Crippen LogP contribution in [0.2, 0.25) is 0 Å². The van der Waals surface area contributed by atoms with Gasteiger partial charge >= 0.3 is 0 Å². The molecule has 0 heterocycles. The summed E-state index contributed by atoms with van der Waals surface area (Å²) in [5, 5.41) is 0. The zero-order chi connectivity index (χ0) is 19.9. The molecule has 1 atom stereocenters. The number of hydrogen-bond acceptors (Lipinski definition) is 3. The van der Waals surface area contributed by atoms with Crippen molar-refractivity contribution in [1.82, 2.24) is 0 Å². The molecule has 3 nitrogen and oxygen atoms in total. The Morgan fingerprint density at radius 1 is 0.786 bits per heavy atom. The Hall–Kier alpha value is -2.94. The highest BCUT2D eigenvalue weighted by molar-refractivity contribution is 5.75. The van der Waals surface area contributed by atoms with Crippen LogP contribution >= 0.6 is 0 Å². The van der Waals surface area contributed by atoms with Crippen LogP contribution in [0.3, 0.4) is 0 Å². The average molecular weight is 376 g/mol. The molecular formula is C25H28O3. The van der Waals surface area contributed by atoms with Gasteiger partial charge in [0.1, 0.15) is 5.75 Å². The molecule has 0 unspecified atom stereocenters. The highest BCUT2D eigenvalue weighted by atomic mass is 16.5. The Bertz CT molecular complexity index is 886. The zero-order valence-electron chi connectivity index (χ0n) is 17.1. The van der Waals surface area contributed by atoms with Crippen molar-refractivity contribution in [2.24, 2.45) is 0 Å². The molecule has 0 saturated carbocycles. The second-order valence-corrected chi connectivity index (χ2v) is 6.96. The van der Waals surface area contributed by atoms with E-state index >= 15 is 0 Å². The summed E-state index contributed by atoms with van der Waals surface area (Å²) in [5.41, 5.74) is 4.73. The fourth-order valence-corrected chi connectivity index (χ4v) is 3.48. The van der Waals surface area contributed by atoms with E-state index in [1.54, 1.807) is 21.3 Å². The van der Waals surface area contributed by atoms with E-state index in [0.717, 1.165) is 41.2 Å². The SMILES string of the molecule is COc1ccc(-c2cc(CC[C@H](C)c3ccccc3)cc(OC)c2OC)cc1. The molecule has 3 rings (SSSR count). The maximum Gasteiger partial charge on any atom is 0.168 e. The van der Waals surface area contributed by atoms with Crippen LogP contribution in [0.5, 0.6) is 17.2 Å². The maximum atomic E-state index is 5.67. The predicted octanol–water partition coefficient (Wildman–Crippen LogP) is 6.12. The molecule has 0 bridgehead atoms. The van der Waals surface area contributed by atoms with E-state index < -0.39 is 0 Å². The summed E-state index contributed by atoms with van der Waals surface area (Å²) in [4.78, 5) is 0. The molecule has 0 aliphatic carbocycles. The van der Waals surface area contributed by atoms with Crippen LogP contribution in [-0.4, -0.2) is 21.3 Å². The Kier molecular flexibility index (Phi) is 6.59. The molecule has 0 amide bonds. The van der Waals surface area contributed by atoms with E-state index in [-0.39, 0.29) is 0 Å². The van der Waals surface area contributed by atoms with E-state index in [4.69, 9.17) is 14.2 Å². The van der Waals surface area contributed by atoms with Crippen molar-refractivity contribution in [1.29, 1.82) is 0 Å². The van der Waals surface area contributed by atoms with Gasteiger partial charge in [0.15, 0.2) is 11.5 Å². The minimum Gasteiger partial charge on any atom is -0.497 e. The lowest BCUT2D eigenvalue weighted by molar-refractivity contribution is 0.355. The number of hydrogen-bond donors (Lipinski definition) is 0. The van der Waals surface area contributed by atoms with Gasteiger partial charge in [-0.1, -0.05) is 49.4 Å². The summed E-state index contributed by atoms with van der Waals surface area (Å²) >= 11 is 0. The van der Waals surface area contributed by atoms with Gasteiger partial charge < -0.3 is 14.2 Å². The van der Waals surface area contributed by atoms with Gasteiger partial charge in [0.2, 0.25) is 0 Å². The van der Waals surface area contributed by atoms with Crippen LogP contribution in [-0.2, 0) is 6.42 Å². The molecule has 0 saturated heterocycles. The van der Waals surface area contributed by atoms with Gasteiger partial charge in [-0.25, -0.2) is 0 Å². The number of benzene rings is 3. The van der Waals surface area contributed by atoms with E-state index in [1.165, 1.54) is 11.1 Å². The van der Waals surface area contributed by atoms with E-state index in [9.17, 15) is 0 Å². The largest absolute Gasteiger partial charge is 0.497 e. The quantitative estimate of drug-likeness (QED) is 0.474. The normalized spacial score (nSPS) is 11.7. The second-order valence-electron chi connectivity index (χ2n) is 6.96. The molecule has 0 aliphatic heterocycles. The molecule has 0 spiro atoms. The molecular weight excluding hydrogens is 348 g/mol. The number of aryl methyl sites for hydroxylation is 1. The molecule has 3 heteroatoms. The van der Waals surface area contributed by atoms with Crippen LogP contribution in [0.4, 0.5) is 0 Å². The fourth-order valence-electron chi connectivity index (χ4n) is 3.48. The molecule has 0 aliphatic rings. The van der Waals surface area contributed by atoms with Crippen molar-refractivity contribution in [2.75, 3.05) is 21.3 Å². The van der Waals surface area contributed by atoms with Gasteiger partial charge in [0.05, 0.1) is 21.3 Å². The summed E-state index contributed by atoms with van der Waals surface area (Å²) < 4.78 is 16.6. The first kappa shape index (κ1) is 19.8. The Morgan fingerprint density at radius 3 is 2.11 bits per heavy atom. The van der Waals surface area contributed by atoms with E-state index in [1.807, 2.05) is 24.3 Å². The Labute approximate surface area is 167 Å². The van der Waals surface area contributed by atoms with Gasteiger partial charge in [-0.05, 0) is 59.7 Å². The van der Waals surface area contributed by atoms with Crippen molar-refractivity contribution in [3.05, 3.63) is 77.9 Å². The van der Waals surface area contributed by atoms with Gasteiger partial charge in [-0.2, -0.15) is 0 Å². The molecule has 0 aromatic heterocycles. The van der Waals surface area contributed by atoms with Crippen molar-refractivity contribution >= 4 is 0 Å². The number of methoxy groups -OCH3 is 3. The van der Waals surface area contributed by atoms with Gasteiger partial charge in [-0.3, -0.25) is 0 Å². The highest BCUT2D eigenvalue weighted by Gasteiger charge is 2.15. The van der Waals surface area contributed by atoms with E-state index in [2.05, 4.69) is 49.4 Å². The number of rotatable bonds is 8. The summed E-state index contributed by atoms with van der Waals surface area (Å²) in [6.45, 7) is 2.28. The molecule has 0 fully saturated rings. The van der Waals surface area contributed by atoms with Crippen LogP contribution in [0.15, 0.2) is 66.7 Å². The first-order valence-corrected chi connectivity index (χ1v) is 9.60. The summed E-state index contributed by atoms with van der Waals surface area (Å²) in [6.07, 6.45) is 2.04. The first-order chi connectivity index (χ1) is 13.7. The van der Waals surface area contributed by atoms with Gasteiger partial charge in [-0.15, -0.1) is 0 Å². The Morgan fingerprint density at radius 2 is 1.50 bits per heavy atom. The monoisotopic (exact) mass is 376 g/mol. The number of ether oxygens (including phenoxy) is 3. The highest BCUT2D eigenvalue weighted by Crippen LogP contribution is 2.40. The molecule has 146 valence electrons. The molecule has 3 aromatic rings. The van der Waals surface area contributed by atoms with Crippen LogP contribution in [0, 0.1) is 0 Å². The predicted molar refractivity (Wildman–Crippen MR) is 115 cm³/mol. The van der Waals surface area contributed by atoms with Crippen LogP contribution in [0.25, 0.3) is 11.1 Å². The minimum atomic E-state index is 0.499. The van der Waals surface area contributed by atoms with E-state index in [0.29, 0.717) is 5.92 Å². The second kappa shape index (κ2) is 9.32. The molecule has 0 N–H and O–H groups in total. The fraction of sp³-hybridized carbons (Fsp3) is 0.280. The third kappa shape index (κ3) is 4.48.